The van der Waals surface area contributed by atoms with Crippen molar-refractivity contribution in [1.82, 2.24) is 0 Å². The number of aliphatic hydroxyl groups is 1. The molecule has 0 amide bonds. The van der Waals surface area contributed by atoms with Crippen molar-refractivity contribution in [1.29, 1.82) is 0 Å². The van der Waals surface area contributed by atoms with Gasteiger partial charge in [0.15, 0.2) is 0 Å². The molecule has 0 saturated carbocycles. The number of nitrogen functional groups attached to an aromatic ring is 1. The quantitative estimate of drug-likeness (QED) is 0.713. The van der Waals surface area contributed by atoms with Crippen LogP contribution in [0.4, 0.5) is 11.4 Å². The number of ether oxygens (including phenoxy) is 1. The fourth-order valence-corrected chi connectivity index (χ4v) is 2.01. The third-order valence-electron chi connectivity index (χ3n) is 3.06. The third kappa shape index (κ3) is 4.39. The highest BCUT2D eigenvalue weighted by atomic mass is 16.5. The molecule has 4 nitrogen and oxygen atoms in total. The normalized spacial score (nSPS) is 12.2. The molecule has 0 fully saturated rings. The van der Waals surface area contributed by atoms with Gasteiger partial charge in [0.2, 0.25) is 0 Å². The highest BCUT2D eigenvalue weighted by Gasteiger charge is 2.08. The summed E-state index contributed by atoms with van der Waals surface area (Å²) in [5.41, 5.74) is 8.25. The largest absolute Gasteiger partial charge is 0.489 e. The van der Waals surface area contributed by atoms with Gasteiger partial charge in [-0.1, -0.05) is 30.3 Å². The van der Waals surface area contributed by atoms with Gasteiger partial charge in [-0.25, -0.2) is 0 Å². The van der Waals surface area contributed by atoms with Crippen LogP contribution in [0.2, 0.25) is 0 Å². The summed E-state index contributed by atoms with van der Waals surface area (Å²) in [5.74, 6) is 0.657. The van der Waals surface area contributed by atoms with Crippen LogP contribution in [0.5, 0.6) is 5.75 Å². The smallest absolute Gasteiger partial charge is 0.144 e. The van der Waals surface area contributed by atoms with Crippen LogP contribution >= 0.6 is 0 Å². The Labute approximate surface area is 125 Å². The van der Waals surface area contributed by atoms with Crippen molar-refractivity contribution in [2.75, 3.05) is 17.6 Å². The van der Waals surface area contributed by atoms with Crippen LogP contribution in [-0.2, 0) is 0 Å². The summed E-state index contributed by atoms with van der Waals surface area (Å²) in [6.07, 6.45) is -0.490. The molecule has 1 atom stereocenters. The molecular formula is C17H22N2O2. The van der Waals surface area contributed by atoms with Gasteiger partial charge in [0.25, 0.3) is 0 Å². The zero-order valence-electron chi connectivity index (χ0n) is 12.4. The summed E-state index contributed by atoms with van der Waals surface area (Å²) >= 11 is 0. The molecule has 2 aromatic carbocycles. The minimum Gasteiger partial charge on any atom is -0.489 e. The molecule has 1 unspecified atom stereocenters. The maximum absolute atomic E-state index is 10.1. The summed E-state index contributed by atoms with van der Waals surface area (Å²) < 4.78 is 5.65. The van der Waals surface area contributed by atoms with Gasteiger partial charge in [0.05, 0.1) is 17.9 Å². The summed E-state index contributed by atoms with van der Waals surface area (Å²) in [6, 6.07) is 15.1. The van der Waals surface area contributed by atoms with E-state index in [1.165, 1.54) is 0 Å². The first kappa shape index (κ1) is 15.2. The average molecular weight is 286 g/mol. The molecule has 0 aromatic heterocycles. The first-order chi connectivity index (χ1) is 10.1. The van der Waals surface area contributed by atoms with Gasteiger partial charge >= 0.3 is 0 Å². The number of nitrogens with two attached hydrogens (primary N) is 1. The predicted molar refractivity (Wildman–Crippen MR) is 86.5 cm³/mol. The molecule has 0 aliphatic rings. The molecule has 0 saturated heterocycles. The molecule has 0 aliphatic carbocycles. The predicted octanol–water partition coefficient (Wildman–Crippen LogP) is 3.20. The van der Waals surface area contributed by atoms with Crippen molar-refractivity contribution in [3.63, 3.8) is 0 Å². The van der Waals surface area contributed by atoms with E-state index in [9.17, 15) is 5.11 Å². The highest BCUT2D eigenvalue weighted by Crippen LogP contribution is 2.27. The van der Waals surface area contributed by atoms with E-state index in [1.54, 1.807) is 6.07 Å². The number of benzene rings is 2. The molecule has 0 spiro atoms. The number of hydrogen-bond acceptors (Lipinski definition) is 4. The lowest BCUT2D eigenvalue weighted by Crippen LogP contribution is -2.13. The molecule has 21 heavy (non-hydrogen) atoms. The molecular weight excluding hydrogens is 264 g/mol. The summed E-state index contributed by atoms with van der Waals surface area (Å²) in [7, 11) is 0. The van der Waals surface area contributed by atoms with Crippen molar-refractivity contribution in [2.45, 2.75) is 26.1 Å². The first-order valence-corrected chi connectivity index (χ1v) is 7.09. The lowest BCUT2D eigenvalue weighted by molar-refractivity contribution is 0.191. The standard InChI is InChI=1S/C17H22N2O2/c1-12(2)21-17-10-14(8-9-15(17)18)19-11-16(20)13-6-4-3-5-7-13/h3-10,12,16,19-20H,11,18H2,1-2H3. The number of rotatable bonds is 6. The Bertz CT molecular complexity index is 570. The Kier molecular flexibility index (Phi) is 5.06. The number of anilines is 2. The maximum Gasteiger partial charge on any atom is 0.144 e. The van der Waals surface area contributed by atoms with Crippen molar-refractivity contribution < 1.29 is 9.84 Å². The van der Waals surface area contributed by atoms with Gasteiger partial charge in [-0.15, -0.1) is 0 Å². The van der Waals surface area contributed by atoms with E-state index in [0.29, 0.717) is 18.0 Å². The van der Waals surface area contributed by atoms with E-state index in [1.807, 2.05) is 56.3 Å². The Morgan fingerprint density at radius 1 is 1.14 bits per heavy atom. The van der Waals surface area contributed by atoms with Crippen LogP contribution in [0.25, 0.3) is 0 Å². The molecule has 0 aliphatic heterocycles. The van der Waals surface area contributed by atoms with Crippen LogP contribution in [0.1, 0.15) is 25.5 Å². The molecule has 0 bridgehead atoms. The Morgan fingerprint density at radius 3 is 2.52 bits per heavy atom. The summed E-state index contributed by atoms with van der Waals surface area (Å²) in [6.45, 7) is 4.34. The molecule has 4 heteroatoms. The van der Waals surface area contributed by atoms with Gasteiger partial charge < -0.3 is 20.9 Å². The minimum atomic E-state index is -0.557. The monoisotopic (exact) mass is 286 g/mol. The second kappa shape index (κ2) is 6.99. The topological polar surface area (TPSA) is 67.5 Å². The van der Waals surface area contributed by atoms with E-state index in [0.717, 1.165) is 11.3 Å². The lowest BCUT2D eigenvalue weighted by atomic mass is 10.1. The van der Waals surface area contributed by atoms with E-state index in [4.69, 9.17) is 10.5 Å². The van der Waals surface area contributed by atoms with E-state index < -0.39 is 6.10 Å². The van der Waals surface area contributed by atoms with Gasteiger partial charge in [-0.05, 0) is 31.5 Å². The van der Waals surface area contributed by atoms with Crippen LogP contribution in [0, 0.1) is 0 Å². The zero-order valence-corrected chi connectivity index (χ0v) is 12.4. The number of nitrogens with one attached hydrogen (secondary N) is 1. The third-order valence-corrected chi connectivity index (χ3v) is 3.06. The van der Waals surface area contributed by atoms with Gasteiger partial charge in [-0.3, -0.25) is 0 Å². The van der Waals surface area contributed by atoms with E-state index in [-0.39, 0.29) is 6.10 Å². The van der Waals surface area contributed by atoms with Crippen molar-refractivity contribution in [3.8, 4) is 5.75 Å². The van der Waals surface area contributed by atoms with Gasteiger partial charge in [0, 0.05) is 18.3 Å². The SMILES string of the molecule is CC(C)Oc1cc(NCC(O)c2ccccc2)ccc1N. The average Bonchev–Trinajstić information content (AvgIpc) is 2.48. The fraction of sp³-hybridized carbons (Fsp3) is 0.294. The van der Waals surface area contributed by atoms with Gasteiger partial charge in [-0.2, -0.15) is 0 Å². The van der Waals surface area contributed by atoms with Crippen LogP contribution in [0.15, 0.2) is 48.5 Å². The Balaban J connectivity index is 2.00. The van der Waals surface area contributed by atoms with Crippen LogP contribution < -0.4 is 15.8 Å². The molecule has 2 aromatic rings. The van der Waals surface area contributed by atoms with Crippen molar-refractivity contribution in [2.24, 2.45) is 0 Å². The molecule has 2 rings (SSSR count). The maximum atomic E-state index is 10.1. The van der Waals surface area contributed by atoms with Crippen molar-refractivity contribution >= 4 is 11.4 Å². The first-order valence-electron chi connectivity index (χ1n) is 7.09. The Morgan fingerprint density at radius 2 is 1.86 bits per heavy atom. The molecule has 0 radical (unpaired) electrons. The summed E-state index contributed by atoms with van der Waals surface area (Å²) in [4.78, 5) is 0. The number of hydrogen-bond donors (Lipinski definition) is 3. The van der Waals surface area contributed by atoms with Crippen LogP contribution in [0.3, 0.4) is 0 Å². The molecule has 0 heterocycles. The number of aliphatic hydroxyl groups excluding tert-OH is 1. The Hall–Kier alpha value is -2.20. The molecule has 4 N–H and O–H groups in total. The second-order valence-corrected chi connectivity index (χ2v) is 5.23. The minimum absolute atomic E-state index is 0.0671. The second-order valence-electron chi connectivity index (χ2n) is 5.23. The van der Waals surface area contributed by atoms with E-state index >= 15 is 0 Å². The fourth-order valence-electron chi connectivity index (χ4n) is 2.01. The molecule has 112 valence electrons. The summed E-state index contributed by atoms with van der Waals surface area (Å²) in [5, 5.41) is 13.3. The van der Waals surface area contributed by atoms with Gasteiger partial charge in [0.1, 0.15) is 5.75 Å². The lowest BCUT2D eigenvalue weighted by Gasteiger charge is -2.16. The highest BCUT2D eigenvalue weighted by molar-refractivity contribution is 5.61. The zero-order chi connectivity index (χ0) is 15.2. The van der Waals surface area contributed by atoms with Crippen molar-refractivity contribution in [3.05, 3.63) is 54.1 Å². The van der Waals surface area contributed by atoms with E-state index in [2.05, 4.69) is 5.32 Å². The van der Waals surface area contributed by atoms with Crippen LogP contribution in [-0.4, -0.2) is 17.8 Å².